The highest BCUT2D eigenvalue weighted by molar-refractivity contribution is 5.85. The van der Waals surface area contributed by atoms with Crippen molar-refractivity contribution in [1.29, 1.82) is 0 Å². The van der Waals surface area contributed by atoms with Gasteiger partial charge in [-0.25, -0.2) is 0 Å². The van der Waals surface area contributed by atoms with E-state index in [0.717, 1.165) is 0 Å². The molecule has 0 aromatic carbocycles. The van der Waals surface area contributed by atoms with E-state index in [2.05, 4.69) is 37.2 Å². The molecule has 0 bridgehead atoms. The van der Waals surface area contributed by atoms with E-state index in [1.54, 1.807) is 13.8 Å². The number of rotatable bonds is 47. The topological polar surface area (TPSA) is 719 Å². The van der Waals surface area contributed by atoms with Crippen LogP contribution in [0.25, 0.3) is 0 Å². The van der Waals surface area contributed by atoms with E-state index in [1.165, 1.54) is 11.8 Å². The number of amides is 7. The maximum Gasteiger partial charge on any atom is 0.234 e. The summed E-state index contributed by atoms with van der Waals surface area (Å²) in [6.07, 6.45) is -38.9. The highest BCUT2D eigenvalue weighted by Gasteiger charge is 2.53. The Morgan fingerprint density at radius 2 is 0.617 bits per heavy atom. The number of nitrogens with one attached hydrogen (secondary N) is 7. The third-order valence-corrected chi connectivity index (χ3v) is 19.8. The van der Waals surface area contributed by atoms with Gasteiger partial charge in [-0.15, -0.1) is 0 Å². The minimum absolute atomic E-state index is 0.0103. The largest absolute Gasteiger partial charge is 0.394 e. The second-order valence-corrected chi connectivity index (χ2v) is 29.4. The Morgan fingerprint density at radius 3 is 1.02 bits per heavy atom. The minimum atomic E-state index is -1.97. The van der Waals surface area contributed by atoms with Crippen molar-refractivity contribution >= 4 is 47.1 Å². The Morgan fingerprint density at radius 1 is 0.292 bits per heavy atom. The molecular weight excluding hydrogens is 1610 g/mol. The molecule has 0 radical (unpaired) electrons. The molecule has 6 aliphatic heterocycles. The molecule has 47 heteroatoms. The van der Waals surface area contributed by atoms with Gasteiger partial charge in [0.05, 0.1) is 84.2 Å². The van der Waals surface area contributed by atoms with Gasteiger partial charge in [0.25, 0.3) is 0 Å². The van der Waals surface area contributed by atoms with Gasteiger partial charge in [-0.1, -0.05) is 6.42 Å². The van der Waals surface area contributed by atoms with Crippen molar-refractivity contribution in [3.8, 4) is 0 Å². The van der Waals surface area contributed by atoms with Crippen LogP contribution in [0.2, 0.25) is 0 Å². The molecule has 0 spiro atoms. The second kappa shape index (κ2) is 56.6. The number of carbonyl (C=O) groups excluding carboxylic acids is 8. The summed E-state index contributed by atoms with van der Waals surface area (Å²) in [5, 5.41) is 211. The fourth-order valence-corrected chi connectivity index (χ4v) is 12.7. The molecule has 26 N–H and O–H groups in total. The van der Waals surface area contributed by atoms with Crippen molar-refractivity contribution in [2.45, 2.75) is 303 Å². The number of ether oxygens (including phenoxy) is 12. The van der Waals surface area contributed by atoms with Crippen molar-refractivity contribution in [2.24, 2.45) is 0 Å². The number of Topliss-reactive ketones (excluding diaryl/α,β-unsaturated/α-hetero) is 1. The van der Waals surface area contributed by atoms with E-state index in [9.17, 15) is 135 Å². The predicted octanol–water partition coefficient (Wildman–Crippen LogP) is -12.6. The molecule has 0 unspecified atom stereocenters. The van der Waals surface area contributed by atoms with Crippen LogP contribution >= 0.6 is 0 Å². The summed E-state index contributed by atoms with van der Waals surface area (Å²) < 4.78 is 65.4. The molecule has 0 aromatic heterocycles. The Hall–Kier alpha value is -5.32. The molecule has 0 aromatic rings. The summed E-state index contributed by atoms with van der Waals surface area (Å²) in [5.41, 5.74) is 0. The van der Waals surface area contributed by atoms with Crippen molar-refractivity contribution < 1.29 is 192 Å². The minimum Gasteiger partial charge on any atom is -0.394 e. The van der Waals surface area contributed by atoms with E-state index in [0.29, 0.717) is 77.4 Å². The zero-order valence-corrected chi connectivity index (χ0v) is 68.4. The van der Waals surface area contributed by atoms with Crippen LogP contribution in [0.15, 0.2) is 0 Å². The lowest BCUT2D eigenvalue weighted by Gasteiger charge is -2.46. The van der Waals surface area contributed by atoms with Gasteiger partial charge in [-0.2, -0.15) is 0 Å². The first-order valence-corrected chi connectivity index (χ1v) is 40.5. The highest BCUT2D eigenvalue weighted by atomic mass is 16.8. The SMILES string of the molecule is CCNC(=O)CCC(=O)CCCO[C@@H]1O[C@@H](C)[C@@H](O)[C@@H](O)[C@@H]1O.CCNC(=O)CCCCC(=O)NCCO[C@@H]1O[C@@H](C)[C@@H](O)[C@@H](O)[C@@H]1O.CCNC(=O)CCCCCNC(=O)CN(CC(=O)NCCO[C@@H]1O[C@@H](C)[C@@H](O)[C@@H](O)[C@@H]1O)CC(=O)NCCO[C@@H]1O[C@H](CO[C@H]2O[C@H](CO)[C@@H](O)[C@H](O)[C@@H]2O)[C@@H](O)[C@H](O[C@H]2O[C@H](CO)[C@@H](O)[C@H](O)[C@@H]2O)[C@@H]1O. The predicted molar refractivity (Wildman–Crippen MR) is 405 cm³/mol. The van der Waals surface area contributed by atoms with Crippen molar-refractivity contribution in [3.05, 3.63) is 0 Å². The number of nitrogens with zero attached hydrogens (tertiary/aromatic N) is 1. The molecule has 6 heterocycles. The second-order valence-electron chi connectivity index (χ2n) is 29.4. The average Bonchev–Trinajstić information content (AvgIpc) is 0.780. The van der Waals surface area contributed by atoms with Crippen LogP contribution in [-0.4, -0.2) is 445 Å². The lowest BCUT2D eigenvalue weighted by molar-refractivity contribution is -0.366. The van der Waals surface area contributed by atoms with Crippen LogP contribution in [0.1, 0.15) is 119 Å². The molecule has 6 fully saturated rings. The summed E-state index contributed by atoms with van der Waals surface area (Å²) in [7, 11) is 0. The van der Waals surface area contributed by atoms with Gasteiger partial charge in [0, 0.05) is 84.3 Å². The fraction of sp³-hybridized carbons (Fsp3) is 0.890. The Bertz CT molecular complexity index is 2970. The number of aliphatic hydroxyl groups is 19. The zero-order valence-electron chi connectivity index (χ0n) is 68.4. The molecule has 30 atom stereocenters. The summed E-state index contributed by atoms with van der Waals surface area (Å²) in [6, 6.07) is 0. The Balaban J connectivity index is 0.000000507. The zero-order chi connectivity index (χ0) is 89.5. The van der Waals surface area contributed by atoms with Gasteiger partial charge in [-0.3, -0.25) is 43.3 Å². The molecule has 6 saturated heterocycles. The van der Waals surface area contributed by atoms with Crippen molar-refractivity contribution in [2.75, 3.05) is 112 Å². The van der Waals surface area contributed by atoms with Crippen LogP contribution in [0.3, 0.4) is 0 Å². The molecule has 6 aliphatic rings. The molecule has 47 nitrogen and oxygen atoms in total. The normalized spacial score (nSPS) is 34.4. The molecule has 0 aliphatic carbocycles. The van der Waals surface area contributed by atoms with Gasteiger partial charge in [0.15, 0.2) is 37.7 Å². The monoisotopic (exact) mass is 1740 g/mol. The van der Waals surface area contributed by atoms with Gasteiger partial charge in [0.2, 0.25) is 41.4 Å². The van der Waals surface area contributed by atoms with Crippen LogP contribution in [0, 0.1) is 0 Å². The van der Waals surface area contributed by atoms with Crippen LogP contribution in [0.4, 0.5) is 0 Å². The summed E-state index contributed by atoms with van der Waals surface area (Å²) in [5.74, 6) is -2.29. The number of hydrogen-bond acceptors (Lipinski definition) is 40. The molecular formula is C73H132N8O39. The number of carbonyl (C=O) groups is 8. The lowest BCUT2D eigenvalue weighted by Crippen LogP contribution is -2.65. The van der Waals surface area contributed by atoms with Gasteiger partial charge in [0.1, 0.15) is 134 Å². The van der Waals surface area contributed by atoms with E-state index in [-0.39, 0.29) is 94.7 Å². The Labute approximate surface area is 693 Å². The smallest absolute Gasteiger partial charge is 0.234 e. The number of aliphatic hydroxyl groups excluding tert-OH is 19. The number of ketones is 1. The molecule has 698 valence electrons. The van der Waals surface area contributed by atoms with E-state index < -0.39 is 248 Å². The first-order valence-electron chi connectivity index (χ1n) is 40.5. The van der Waals surface area contributed by atoms with Gasteiger partial charge < -0.3 is 191 Å². The first-order chi connectivity index (χ1) is 56.9. The average molecular weight is 1750 g/mol. The summed E-state index contributed by atoms with van der Waals surface area (Å²) in [4.78, 5) is 97.9. The number of unbranched alkanes of at least 4 members (excludes halogenated alkanes) is 3. The maximum atomic E-state index is 13.2. The van der Waals surface area contributed by atoms with Gasteiger partial charge >= 0.3 is 0 Å². The third-order valence-electron chi connectivity index (χ3n) is 19.8. The molecule has 6 rings (SSSR count). The lowest BCUT2D eigenvalue weighted by atomic mass is 9.96. The molecule has 0 saturated carbocycles. The summed E-state index contributed by atoms with van der Waals surface area (Å²) >= 11 is 0. The maximum absolute atomic E-state index is 13.2. The van der Waals surface area contributed by atoms with E-state index >= 15 is 0 Å². The van der Waals surface area contributed by atoms with E-state index in [4.69, 9.17) is 56.8 Å². The fourth-order valence-electron chi connectivity index (χ4n) is 12.7. The van der Waals surface area contributed by atoms with E-state index in [1.807, 2.05) is 20.8 Å². The van der Waals surface area contributed by atoms with Crippen molar-refractivity contribution in [3.63, 3.8) is 0 Å². The van der Waals surface area contributed by atoms with Crippen LogP contribution in [0.5, 0.6) is 0 Å². The Kier molecular flexibility index (Phi) is 50.5. The van der Waals surface area contributed by atoms with Crippen molar-refractivity contribution in [1.82, 2.24) is 42.1 Å². The highest BCUT2D eigenvalue weighted by Crippen LogP contribution is 2.32. The third kappa shape index (κ3) is 36.0. The quantitative estimate of drug-likeness (QED) is 0.0252. The number of hydrogen-bond donors (Lipinski definition) is 26. The first kappa shape index (κ1) is 107. The van der Waals surface area contributed by atoms with Gasteiger partial charge in [-0.05, 0) is 73.6 Å². The standard InChI is InChI=1S/C42H75N5O25.C16H30N2O7.C15H27NO7/c1-3-43-23(50)7-5-4-6-8-44-24(51)13-47(14-25(52)45-9-11-65-39-34(61)31(58)27(54)19(2)68-39)15-26(53)46-10-12-66-41-37(64)38(72-42-36(63)33(60)29(56)21(17-49)70-42)30(57)22(71-41)18-67-40-35(62)32(59)28(55)20(16-48)69-40;1-3-17-11(19)6-4-5-7-12(20)18-8-9-24-16-15(23)14(22)13(21)10(2)25-16;1-3-16-11(18)7-6-10(17)5-4-8-22-15-14(21)13(20)12(19)9(2)23-15/h19-22,27-42,48-49,54-64H,3-18H2,1-2H3,(H,43,50)(H,44,51)(H,45,52)(H,46,53);10,13-16,21-23H,3-9H2,1-2H3,(H,17,19)(H,18,20);9,12-15,19-21H,3-8H2,1-2H3,(H,16,18)/t19-,20+,21+,22+,27+,28+,29+,30+,31+,32-,33-,34-,35-,36-,37-,38-,39+,40-,41+,42+;10-,13+,14+,15-,16+;9-,12+,13+,14-,15+/m000/s1. The summed E-state index contributed by atoms with van der Waals surface area (Å²) in [6.45, 7) is 7.72. The van der Waals surface area contributed by atoms with Crippen LogP contribution in [-0.2, 0) is 95.2 Å². The molecule has 7 amide bonds. The molecule has 120 heavy (non-hydrogen) atoms. The van der Waals surface area contributed by atoms with Crippen LogP contribution < -0.4 is 37.2 Å².